The maximum Gasteiger partial charge on any atom is 0.151 e. The van der Waals surface area contributed by atoms with Crippen LogP contribution < -0.4 is 10.2 Å². The molecule has 0 amide bonds. The number of nitrogens with one attached hydrogen (secondary N) is 1. The van der Waals surface area contributed by atoms with Gasteiger partial charge in [0.25, 0.3) is 0 Å². The zero-order chi connectivity index (χ0) is 9.97. The van der Waals surface area contributed by atoms with Crippen LogP contribution in [0.25, 0.3) is 0 Å². The highest BCUT2D eigenvalue weighted by molar-refractivity contribution is 5.65. The Balaban J connectivity index is 2.13. The molecule has 0 bridgehead atoms. The predicted octanol–water partition coefficient (Wildman–Crippen LogP) is 2.11. The summed E-state index contributed by atoms with van der Waals surface area (Å²) in [7, 11) is 4.04. The molecule has 76 valence electrons. The van der Waals surface area contributed by atoms with Crippen LogP contribution in [0.3, 0.4) is 0 Å². The Hall–Kier alpha value is -1.25. The Labute approximate surface area is 85.1 Å². The molecular weight excluding hydrogens is 174 g/mol. The van der Waals surface area contributed by atoms with E-state index in [-0.39, 0.29) is 0 Å². The van der Waals surface area contributed by atoms with Crippen LogP contribution in [0.1, 0.15) is 19.3 Å². The van der Waals surface area contributed by atoms with E-state index in [0.29, 0.717) is 6.04 Å². The summed E-state index contributed by atoms with van der Waals surface area (Å²) in [4.78, 5) is 6.40. The lowest BCUT2D eigenvalue weighted by Gasteiger charge is -2.29. The summed E-state index contributed by atoms with van der Waals surface area (Å²) in [6, 6.07) is 4.74. The lowest BCUT2D eigenvalue weighted by Crippen LogP contribution is -2.28. The van der Waals surface area contributed by atoms with Gasteiger partial charge in [-0.2, -0.15) is 0 Å². The van der Waals surface area contributed by atoms with Crippen molar-refractivity contribution in [2.45, 2.75) is 25.3 Å². The summed E-state index contributed by atoms with van der Waals surface area (Å²) in [6.07, 6.45) is 5.78. The molecule has 1 saturated carbocycles. The lowest BCUT2D eigenvalue weighted by molar-refractivity contribution is 0.445. The fraction of sp³-hybridized carbons (Fsp3) is 0.545. The molecule has 3 heteroatoms. The molecule has 2 rings (SSSR count). The molecule has 0 aliphatic heterocycles. The molecule has 1 fully saturated rings. The van der Waals surface area contributed by atoms with Gasteiger partial charge in [0, 0.05) is 26.3 Å². The molecule has 0 saturated heterocycles. The molecule has 0 unspecified atom stereocenters. The second kappa shape index (κ2) is 3.86. The number of hydrogen-bond acceptors (Lipinski definition) is 3. The van der Waals surface area contributed by atoms with Gasteiger partial charge in [-0.25, -0.2) is 4.98 Å². The minimum Gasteiger partial charge on any atom is -0.379 e. The molecule has 1 heterocycles. The molecule has 3 nitrogen and oxygen atoms in total. The van der Waals surface area contributed by atoms with E-state index in [1.807, 2.05) is 31.3 Å². The molecule has 1 aliphatic rings. The minimum absolute atomic E-state index is 0.665. The van der Waals surface area contributed by atoms with Crippen LogP contribution in [0.5, 0.6) is 0 Å². The Morgan fingerprint density at radius 3 is 2.79 bits per heavy atom. The van der Waals surface area contributed by atoms with E-state index >= 15 is 0 Å². The van der Waals surface area contributed by atoms with Crippen LogP contribution >= 0.6 is 0 Å². The molecule has 0 atom stereocenters. The van der Waals surface area contributed by atoms with Crippen molar-refractivity contribution in [3.05, 3.63) is 18.3 Å². The molecular formula is C11H17N3. The summed E-state index contributed by atoms with van der Waals surface area (Å²) < 4.78 is 0. The summed E-state index contributed by atoms with van der Waals surface area (Å²) >= 11 is 0. The molecule has 0 spiro atoms. The topological polar surface area (TPSA) is 28.2 Å². The molecule has 1 aromatic rings. The maximum atomic E-state index is 4.35. The number of aromatic nitrogens is 1. The molecule has 1 aromatic heterocycles. The van der Waals surface area contributed by atoms with Gasteiger partial charge in [0.2, 0.25) is 0 Å². The number of anilines is 2. The number of nitrogens with zero attached hydrogens (tertiary/aromatic N) is 2. The SMILES string of the molecule is CN(C)c1ncccc1NC1CCC1. The van der Waals surface area contributed by atoms with Gasteiger partial charge in [-0.3, -0.25) is 0 Å². The third-order valence-electron chi connectivity index (χ3n) is 2.68. The van der Waals surface area contributed by atoms with Crippen LogP contribution in [0.15, 0.2) is 18.3 Å². The normalized spacial score (nSPS) is 16.1. The van der Waals surface area contributed by atoms with Crippen molar-refractivity contribution in [3.8, 4) is 0 Å². The van der Waals surface area contributed by atoms with Gasteiger partial charge in [-0.15, -0.1) is 0 Å². The Morgan fingerprint density at radius 1 is 1.43 bits per heavy atom. The summed E-state index contributed by atoms with van der Waals surface area (Å²) in [5.74, 6) is 1.03. The largest absolute Gasteiger partial charge is 0.379 e. The van der Waals surface area contributed by atoms with E-state index in [9.17, 15) is 0 Å². The van der Waals surface area contributed by atoms with Gasteiger partial charge in [-0.1, -0.05) is 0 Å². The van der Waals surface area contributed by atoms with Gasteiger partial charge < -0.3 is 10.2 Å². The monoisotopic (exact) mass is 191 g/mol. The van der Waals surface area contributed by atoms with Gasteiger partial charge in [0.1, 0.15) is 0 Å². The Kier molecular flexibility index (Phi) is 2.57. The van der Waals surface area contributed by atoms with Gasteiger partial charge >= 0.3 is 0 Å². The third kappa shape index (κ3) is 1.81. The van der Waals surface area contributed by atoms with Crippen molar-refractivity contribution in [1.82, 2.24) is 4.98 Å². The van der Waals surface area contributed by atoms with E-state index in [4.69, 9.17) is 0 Å². The number of rotatable bonds is 3. The molecule has 14 heavy (non-hydrogen) atoms. The standard InChI is InChI=1S/C11H17N3/c1-14(2)11-10(7-4-8-12-11)13-9-5-3-6-9/h4,7-9,13H,3,5-6H2,1-2H3. The fourth-order valence-corrected chi connectivity index (χ4v) is 1.64. The average Bonchev–Trinajstić information content (AvgIpc) is 2.12. The Bertz CT molecular complexity index is 305. The smallest absolute Gasteiger partial charge is 0.151 e. The summed E-state index contributed by atoms with van der Waals surface area (Å²) in [6.45, 7) is 0. The molecule has 1 N–H and O–H groups in total. The van der Waals surface area contributed by atoms with Crippen molar-refractivity contribution in [2.24, 2.45) is 0 Å². The first kappa shape index (κ1) is 9.31. The van der Waals surface area contributed by atoms with Crippen molar-refractivity contribution in [3.63, 3.8) is 0 Å². The van der Waals surface area contributed by atoms with E-state index in [1.165, 1.54) is 19.3 Å². The summed E-state index contributed by atoms with van der Waals surface area (Å²) in [5, 5.41) is 3.52. The van der Waals surface area contributed by atoms with E-state index in [2.05, 4.69) is 16.4 Å². The highest BCUT2D eigenvalue weighted by Gasteiger charge is 2.18. The second-order valence-electron chi connectivity index (χ2n) is 4.04. The molecule has 1 aliphatic carbocycles. The van der Waals surface area contributed by atoms with E-state index in [1.54, 1.807) is 0 Å². The minimum atomic E-state index is 0.665. The Morgan fingerprint density at radius 2 is 2.21 bits per heavy atom. The van der Waals surface area contributed by atoms with Crippen molar-refractivity contribution >= 4 is 11.5 Å². The first-order valence-electron chi connectivity index (χ1n) is 5.16. The van der Waals surface area contributed by atoms with Crippen LogP contribution in [0, 0.1) is 0 Å². The number of pyridine rings is 1. The highest BCUT2D eigenvalue weighted by Crippen LogP contribution is 2.27. The van der Waals surface area contributed by atoms with E-state index in [0.717, 1.165) is 11.5 Å². The zero-order valence-corrected chi connectivity index (χ0v) is 8.83. The molecule has 0 aromatic carbocycles. The zero-order valence-electron chi connectivity index (χ0n) is 8.83. The lowest BCUT2D eigenvalue weighted by atomic mass is 9.93. The van der Waals surface area contributed by atoms with Crippen molar-refractivity contribution < 1.29 is 0 Å². The van der Waals surface area contributed by atoms with Crippen molar-refractivity contribution in [1.29, 1.82) is 0 Å². The highest BCUT2D eigenvalue weighted by atomic mass is 15.2. The van der Waals surface area contributed by atoms with E-state index < -0.39 is 0 Å². The second-order valence-corrected chi connectivity index (χ2v) is 4.04. The first-order chi connectivity index (χ1) is 6.77. The third-order valence-corrected chi connectivity index (χ3v) is 2.68. The van der Waals surface area contributed by atoms with Crippen LogP contribution in [-0.4, -0.2) is 25.1 Å². The van der Waals surface area contributed by atoms with Crippen molar-refractivity contribution in [2.75, 3.05) is 24.3 Å². The van der Waals surface area contributed by atoms with Gasteiger partial charge in [0.15, 0.2) is 5.82 Å². The first-order valence-corrected chi connectivity index (χ1v) is 5.16. The van der Waals surface area contributed by atoms with Crippen LogP contribution in [-0.2, 0) is 0 Å². The van der Waals surface area contributed by atoms with Crippen LogP contribution in [0.4, 0.5) is 11.5 Å². The fourth-order valence-electron chi connectivity index (χ4n) is 1.64. The van der Waals surface area contributed by atoms with Crippen LogP contribution in [0.2, 0.25) is 0 Å². The van der Waals surface area contributed by atoms with Gasteiger partial charge in [-0.05, 0) is 31.4 Å². The maximum absolute atomic E-state index is 4.35. The molecule has 0 radical (unpaired) electrons. The average molecular weight is 191 g/mol. The quantitative estimate of drug-likeness (QED) is 0.793. The summed E-state index contributed by atoms with van der Waals surface area (Å²) in [5.41, 5.74) is 1.15. The number of hydrogen-bond donors (Lipinski definition) is 1. The predicted molar refractivity (Wildman–Crippen MR) is 59.8 cm³/mol. The van der Waals surface area contributed by atoms with Gasteiger partial charge in [0.05, 0.1) is 5.69 Å².